The standard InChI is InChI=1S/C13H14F2N2O4/c14-8-1-2-10(15)7(3-8)5-16-13(21)17-6-9(18)4-11(17)12(19)20/h1-3,9,11,18H,4-6H2,(H,16,21)(H,19,20)/t9-,11-/m0/s1. The first-order valence-corrected chi connectivity index (χ1v) is 6.27. The van der Waals surface area contributed by atoms with Crippen molar-refractivity contribution in [3.63, 3.8) is 0 Å². The minimum atomic E-state index is -1.22. The van der Waals surface area contributed by atoms with E-state index in [2.05, 4.69) is 5.32 Å². The number of halogens is 2. The molecule has 2 atom stereocenters. The maximum atomic E-state index is 13.4. The molecule has 1 aliphatic heterocycles. The van der Waals surface area contributed by atoms with Crippen molar-refractivity contribution < 1.29 is 28.6 Å². The van der Waals surface area contributed by atoms with Crippen LogP contribution in [-0.2, 0) is 11.3 Å². The zero-order valence-electron chi connectivity index (χ0n) is 10.9. The Bertz CT molecular complexity index is 567. The number of amides is 2. The number of rotatable bonds is 3. The molecule has 1 aromatic rings. The molecule has 114 valence electrons. The molecule has 2 rings (SSSR count). The lowest BCUT2D eigenvalue weighted by molar-refractivity contribution is -0.141. The Morgan fingerprint density at radius 2 is 2.10 bits per heavy atom. The van der Waals surface area contributed by atoms with Crippen LogP contribution in [0.25, 0.3) is 0 Å². The second-order valence-electron chi connectivity index (χ2n) is 4.79. The van der Waals surface area contributed by atoms with Crippen LogP contribution in [0, 0.1) is 11.6 Å². The highest BCUT2D eigenvalue weighted by Crippen LogP contribution is 2.18. The summed E-state index contributed by atoms with van der Waals surface area (Å²) in [5, 5.41) is 20.7. The van der Waals surface area contributed by atoms with E-state index in [4.69, 9.17) is 5.11 Å². The zero-order valence-corrected chi connectivity index (χ0v) is 10.9. The fourth-order valence-corrected chi connectivity index (χ4v) is 2.22. The van der Waals surface area contributed by atoms with E-state index < -0.39 is 35.8 Å². The molecule has 0 spiro atoms. The third kappa shape index (κ3) is 3.46. The number of carboxylic acids is 1. The van der Waals surface area contributed by atoms with E-state index in [0.717, 1.165) is 23.1 Å². The number of carbonyl (C=O) groups is 2. The van der Waals surface area contributed by atoms with Gasteiger partial charge in [0.2, 0.25) is 0 Å². The second-order valence-corrected chi connectivity index (χ2v) is 4.79. The first kappa shape index (κ1) is 15.2. The van der Waals surface area contributed by atoms with E-state index in [-0.39, 0.29) is 25.1 Å². The summed E-state index contributed by atoms with van der Waals surface area (Å²) in [6, 6.07) is 0.970. The Balaban J connectivity index is 2.01. The van der Waals surface area contributed by atoms with Crippen molar-refractivity contribution in [1.29, 1.82) is 0 Å². The molecule has 0 unspecified atom stereocenters. The number of aliphatic hydroxyl groups is 1. The molecule has 1 aromatic carbocycles. The van der Waals surface area contributed by atoms with Gasteiger partial charge in [0.1, 0.15) is 17.7 Å². The van der Waals surface area contributed by atoms with E-state index in [1.807, 2.05) is 0 Å². The zero-order chi connectivity index (χ0) is 15.6. The number of likely N-dealkylation sites (tertiary alicyclic amines) is 1. The van der Waals surface area contributed by atoms with Gasteiger partial charge in [0.15, 0.2) is 0 Å². The highest BCUT2D eigenvalue weighted by Gasteiger charge is 2.38. The van der Waals surface area contributed by atoms with Crippen molar-refractivity contribution in [3.8, 4) is 0 Å². The van der Waals surface area contributed by atoms with Gasteiger partial charge in [-0.1, -0.05) is 0 Å². The molecule has 0 aromatic heterocycles. The Labute approximate surface area is 119 Å². The van der Waals surface area contributed by atoms with Crippen molar-refractivity contribution in [2.45, 2.75) is 25.1 Å². The normalized spacial score (nSPS) is 21.4. The van der Waals surface area contributed by atoms with Crippen molar-refractivity contribution in [3.05, 3.63) is 35.4 Å². The van der Waals surface area contributed by atoms with E-state index >= 15 is 0 Å². The van der Waals surface area contributed by atoms with Crippen molar-refractivity contribution in [2.24, 2.45) is 0 Å². The number of benzene rings is 1. The van der Waals surface area contributed by atoms with Gasteiger partial charge in [-0.25, -0.2) is 18.4 Å². The van der Waals surface area contributed by atoms with E-state index in [9.17, 15) is 23.5 Å². The second kappa shape index (κ2) is 6.04. The highest BCUT2D eigenvalue weighted by atomic mass is 19.1. The van der Waals surface area contributed by atoms with Crippen LogP contribution >= 0.6 is 0 Å². The number of nitrogens with zero attached hydrogens (tertiary/aromatic N) is 1. The lowest BCUT2D eigenvalue weighted by atomic mass is 10.2. The molecule has 3 N–H and O–H groups in total. The number of urea groups is 1. The first-order valence-electron chi connectivity index (χ1n) is 6.27. The number of aliphatic hydroxyl groups excluding tert-OH is 1. The predicted molar refractivity (Wildman–Crippen MR) is 67.3 cm³/mol. The molecule has 2 amide bonds. The summed E-state index contributed by atoms with van der Waals surface area (Å²) in [5.74, 6) is -2.53. The molecule has 0 bridgehead atoms. The lowest BCUT2D eigenvalue weighted by Gasteiger charge is -2.21. The molecule has 0 radical (unpaired) electrons. The largest absolute Gasteiger partial charge is 0.480 e. The molecular weight excluding hydrogens is 286 g/mol. The minimum absolute atomic E-state index is 0.0463. The third-order valence-corrected chi connectivity index (χ3v) is 3.26. The summed E-state index contributed by atoms with van der Waals surface area (Å²) < 4.78 is 26.4. The topological polar surface area (TPSA) is 89.9 Å². The third-order valence-electron chi connectivity index (χ3n) is 3.26. The molecule has 0 aliphatic carbocycles. The average molecular weight is 300 g/mol. The fourth-order valence-electron chi connectivity index (χ4n) is 2.22. The molecule has 0 saturated carbocycles. The van der Waals surface area contributed by atoms with Gasteiger partial charge in [-0.05, 0) is 18.2 Å². The number of nitrogens with one attached hydrogen (secondary N) is 1. The van der Waals surface area contributed by atoms with Gasteiger partial charge in [-0.2, -0.15) is 0 Å². The summed E-state index contributed by atoms with van der Waals surface area (Å²) in [5.41, 5.74) is -0.0463. The number of hydrogen-bond donors (Lipinski definition) is 3. The van der Waals surface area contributed by atoms with Crippen LogP contribution in [0.4, 0.5) is 13.6 Å². The van der Waals surface area contributed by atoms with Crippen molar-refractivity contribution in [2.75, 3.05) is 6.54 Å². The van der Waals surface area contributed by atoms with Crippen LogP contribution in [0.1, 0.15) is 12.0 Å². The molecular formula is C13H14F2N2O4. The maximum Gasteiger partial charge on any atom is 0.326 e. The Morgan fingerprint density at radius 1 is 1.38 bits per heavy atom. The Hall–Kier alpha value is -2.22. The molecule has 1 fully saturated rings. The lowest BCUT2D eigenvalue weighted by Crippen LogP contribution is -2.46. The van der Waals surface area contributed by atoms with Gasteiger partial charge in [-0.15, -0.1) is 0 Å². The summed E-state index contributed by atoms with van der Waals surface area (Å²) >= 11 is 0. The summed E-state index contributed by atoms with van der Waals surface area (Å²) in [4.78, 5) is 23.9. The molecule has 21 heavy (non-hydrogen) atoms. The van der Waals surface area contributed by atoms with Crippen molar-refractivity contribution >= 4 is 12.0 Å². The van der Waals surface area contributed by atoms with Gasteiger partial charge in [0.05, 0.1) is 6.10 Å². The molecule has 1 saturated heterocycles. The summed E-state index contributed by atoms with van der Waals surface area (Å²) in [7, 11) is 0. The number of carboxylic acid groups (broad SMARTS) is 1. The van der Waals surface area contributed by atoms with Crippen LogP contribution < -0.4 is 5.32 Å². The molecule has 6 nitrogen and oxygen atoms in total. The number of carbonyl (C=O) groups excluding carboxylic acids is 1. The maximum absolute atomic E-state index is 13.4. The van der Waals surface area contributed by atoms with Gasteiger partial charge in [0.25, 0.3) is 0 Å². The fraction of sp³-hybridized carbons (Fsp3) is 0.385. The smallest absolute Gasteiger partial charge is 0.326 e. The van der Waals surface area contributed by atoms with E-state index in [0.29, 0.717) is 0 Å². The van der Waals surface area contributed by atoms with E-state index in [1.54, 1.807) is 0 Å². The van der Waals surface area contributed by atoms with Crippen molar-refractivity contribution in [1.82, 2.24) is 10.2 Å². The Kier molecular flexibility index (Phi) is 4.37. The van der Waals surface area contributed by atoms with Gasteiger partial charge >= 0.3 is 12.0 Å². The molecule has 8 heteroatoms. The predicted octanol–water partition coefficient (Wildman–Crippen LogP) is 0.694. The Morgan fingerprint density at radius 3 is 2.76 bits per heavy atom. The van der Waals surface area contributed by atoms with Crippen LogP contribution in [-0.4, -0.2) is 45.8 Å². The average Bonchev–Trinajstić information content (AvgIpc) is 2.82. The van der Waals surface area contributed by atoms with Crippen LogP contribution in [0.5, 0.6) is 0 Å². The number of hydrogen-bond acceptors (Lipinski definition) is 3. The van der Waals surface area contributed by atoms with Crippen LogP contribution in [0.15, 0.2) is 18.2 Å². The summed E-state index contributed by atoms with van der Waals surface area (Å²) in [6.07, 6.45) is -0.973. The van der Waals surface area contributed by atoms with E-state index in [1.165, 1.54) is 0 Å². The van der Waals surface area contributed by atoms with Crippen LogP contribution in [0.2, 0.25) is 0 Å². The highest BCUT2D eigenvalue weighted by molar-refractivity contribution is 5.83. The van der Waals surface area contributed by atoms with Gasteiger partial charge in [-0.3, -0.25) is 0 Å². The summed E-state index contributed by atoms with van der Waals surface area (Å²) in [6.45, 7) is -0.393. The number of aliphatic carboxylic acids is 1. The number of β-amino-alcohol motifs (C(OH)–C–C–N with tert-alkyl or cyclic N) is 1. The SMILES string of the molecule is O=C(O)[C@@H]1C[C@H](O)CN1C(=O)NCc1cc(F)ccc1F. The molecule has 1 heterocycles. The van der Waals surface area contributed by atoms with Gasteiger partial charge < -0.3 is 20.4 Å². The minimum Gasteiger partial charge on any atom is -0.480 e. The molecule has 1 aliphatic rings. The monoisotopic (exact) mass is 300 g/mol. The van der Waals surface area contributed by atoms with Crippen LogP contribution in [0.3, 0.4) is 0 Å². The first-order chi connectivity index (χ1) is 9.88. The van der Waals surface area contributed by atoms with Gasteiger partial charge in [0, 0.05) is 25.1 Å². The quantitative estimate of drug-likeness (QED) is 0.766.